The summed E-state index contributed by atoms with van der Waals surface area (Å²) in [6, 6.07) is 22.1. The number of nitrogens with one attached hydrogen (secondary N) is 2. The number of fused-ring (bicyclic) bond motifs is 2. The van der Waals surface area contributed by atoms with E-state index in [0.717, 1.165) is 10.9 Å². The van der Waals surface area contributed by atoms with Crippen molar-refractivity contribution in [3.8, 4) is 0 Å². The van der Waals surface area contributed by atoms with Gasteiger partial charge in [0.1, 0.15) is 18.1 Å². The first-order chi connectivity index (χ1) is 17.9. The molecule has 0 radical (unpaired) electrons. The van der Waals surface area contributed by atoms with Gasteiger partial charge in [0.05, 0.1) is 17.9 Å². The van der Waals surface area contributed by atoms with Gasteiger partial charge in [-0.15, -0.1) is 0 Å². The third-order valence-electron chi connectivity index (χ3n) is 6.00. The largest absolute Gasteiger partial charge is 0.464 e. The van der Waals surface area contributed by atoms with Crippen molar-refractivity contribution in [1.82, 2.24) is 10.3 Å². The zero-order valence-electron chi connectivity index (χ0n) is 19.9. The number of amides is 2. The van der Waals surface area contributed by atoms with E-state index in [-0.39, 0.29) is 30.1 Å². The number of hydrogen-bond acceptors (Lipinski definition) is 5. The molecular formula is C28H23FN4O4. The van der Waals surface area contributed by atoms with Crippen LogP contribution in [0.1, 0.15) is 28.5 Å². The van der Waals surface area contributed by atoms with E-state index in [1.54, 1.807) is 48.5 Å². The molecule has 0 aliphatic carbocycles. The van der Waals surface area contributed by atoms with Crippen LogP contribution in [0, 0.1) is 5.82 Å². The van der Waals surface area contributed by atoms with Gasteiger partial charge in [-0.2, -0.15) is 0 Å². The Bertz CT molecular complexity index is 1510. The lowest BCUT2D eigenvalue weighted by Crippen LogP contribution is -2.48. The third kappa shape index (κ3) is 4.84. The molecule has 0 fully saturated rings. The predicted octanol–water partition coefficient (Wildman–Crippen LogP) is 3.81. The van der Waals surface area contributed by atoms with Crippen LogP contribution in [0.3, 0.4) is 0 Å². The zero-order chi connectivity index (χ0) is 25.9. The van der Waals surface area contributed by atoms with Crippen molar-refractivity contribution >= 4 is 40.1 Å². The molecule has 2 amide bonds. The van der Waals surface area contributed by atoms with Gasteiger partial charge in [0.25, 0.3) is 11.8 Å². The first-order valence-electron chi connectivity index (χ1n) is 11.7. The van der Waals surface area contributed by atoms with Crippen LogP contribution in [0.4, 0.5) is 10.1 Å². The summed E-state index contributed by atoms with van der Waals surface area (Å²) in [4.78, 5) is 47.3. The lowest BCUT2D eigenvalue weighted by molar-refractivity contribution is -0.141. The second kappa shape index (κ2) is 10.1. The summed E-state index contributed by atoms with van der Waals surface area (Å²) < 4.78 is 20.0. The van der Waals surface area contributed by atoms with E-state index in [1.807, 2.05) is 24.3 Å². The number of aromatic amines is 1. The Morgan fingerprint density at radius 1 is 1.03 bits per heavy atom. The summed E-state index contributed by atoms with van der Waals surface area (Å²) in [5, 5.41) is 3.53. The van der Waals surface area contributed by atoms with Crippen molar-refractivity contribution in [2.45, 2.75) is 13.1 Å². The number of aromatic nitrogens is 1. The molecule has 186 valence electrons. The minimum atomic E-state index is -1.36. The fourth-order valence-electron chi connectivity index (χ4n) is 4.30. The lowest BCUT2D eigenvalue weighted by atomic mass is 10.00. The first-order valence-corrected chi connectivity index (χ1v) is 11.7. The topological polar surface area (TPSA) is 104 Å². The van der Waals surface area contributed by atoms with Crippen LogP contribution in [-0.2, 0) is 14.3 Å². The molecule has 1 aliphatic heterocycles. The van der Waals surface area contributed by atoms with Crippen molar-refractivity contribution < 1.29 is 23.5 Å². The van der Waals surface area contributed by atoms with Crippen LogP contribution in [0.5, 0.6) is 0 Å². The van der Waals surface area contributed by atoms with Crippen molar-refractivity contribution in [2.75, 3.05) is 18.1 Å². The SMILES string of the molecule is CC(=O)OCCN1C(=O)C(NC(=O)c2cc3ccccc3[nH]2)N=C(c2ccccc2F)c2ccccc21. The molecule has 5 rings (SSSR count). The summed E-state index contributed by atoms with van der Waals surface area (Å²) in [6.45, 7) is 1.24. The fraction of sp³-hybridized carbons (Fsp3) is 0.143. The van der Waals surface area contributed by atoms with Crippen LogP contribution in [0.2, 0.25) is 0 Å². The smallest absolute Gasteiger partial charge is 0.302 e. The lowest BCUT2D eigenvalue weighted by Gasteiger charge is -2.25. The van der Waals surface area contributed by atoms with Gasteiger partial charge >= 0.3 is 5.97 Å². The molecule has 0 bridgehead atoms. The minimum Gasteiger partial charge on any atom is -0.464 e. The predicted molar refractivity (Wildman–Crippen MR) is 137 cm³/mol. The second-order valence-electron chi connectivity index (χ2n) is 8.45. The average Bonchev–Trinajstić information content (AvgIpc) is 3.30. The number of carbonyl (C=O) groups excluding carboxylic acids is 3. The van der Waals surface area contributed by atoms with Gasteiger partial charge in [0, 0.05) is 29.0 Å². The van der Waals surface area contributed by atoms with Crippen LogP contribution >= 0.6 is 0 Å². The Morgan fingerprint density at radius 2 is 1.73 bits per heavy atom. The molecule has 4 aromatic rings. The molecule has 1 atom stereocenters. The molecule has 2 heterocycles. The molecule has 9 heteroatoms. The van der Waals surface area contributed by atoms with E-state index < -0.39 is 29.8 Å². The molecule has 1 aliphatic rings. The number of nitrogens with zero attached hydrogens (tertiary/aromatic N) is 2. The molecule has 8 nitrogen and oxygen atoms in total. The molecule has 0 spiro atoms. The van der Waals surface area contributed by atoms with Crippen LogP contribution < -0.4 is 10.2 Å². The third-order valence-corrected chi connectivity index (χ3v) is 6.00. The Kier molecular flexibility index (Phi) is 6.51. The van der Waals surface area contributed by atoms with E-state index >= 15 is 0 Å². The monoisotopic (exact) mass is 498 g/mol. The number of para-hydroxylation sites is 2. The van der Waals surface area contributed by atoms with Gasteiger partial charge in [-0.1, -0.05) is 48.5 Å². The Balaban J connectivity index is 1.57. The van der Waals surface area contributed by atoms with E-state index in [1.165, 1.54) is 17.9 Å². The minimum absolute atomic E-state index is 0.0221. The second-order valence-corrected chi connectivity index (χ2v) is 8.45. The maximum Gasteiger partial charge on any atom is 0.302 e. The zero-order valence-corrected chi connectivity index (χ0v) is 19.9. The Hall–Kier alpha value is -4.79. The first kappa shape index (κ1) is 23.9. The van der Waals surface area contributed by atoms with Gasteiger partial charge in [-0.25, -0.2) is 9.38 Å². The summed E-state index contributed by atoms with van der Waals surface area (Å²) in [6.07, 6.45) is -1.36. The van der Waals surface area contributed by atoms with Crippen molar-refractivity contribution in [3.63, 3.8) is 0 Å². The highest BCUT2D eigenvalue weighted by Crippen LogP contribution is 2.29. The maximum absolute atomic E-state index is 14.9. The Labute approximate surface area is 211 Å². The Morgan fingerprint density at radius 3 is 2.49 bits per heavy atom. The molecule has 0 saturated carbocycles. The number of anilines is 1. The van der Waals surface area contributed by atoms with Gasteiger partial charge in [0.2, 0.25) is 6.17 Å². The highest BCUT2D eigenvalue weighted by atomic mass is 19.1. The summed E-state index contributed by atoms with van der Waals surface area (Å²) in [5.74, 6) is -2.09. The molecule has 3 aromatic carbocycles. The van der Waals surface area contributed by atoms with Crippen molar-refractivity contribution in [2.24, 2.45) is 4.99 Å². The molecule has 37 heavy (non-hydrogen) atoms. The number of halogens is 1. The van der Waals surface area contributed by atoms with E-state index in [0.29, 0.717) is 11.3 Å². The number of ether oxygens (including phenoxy) is 1. The van der Waals surface area contributed by atoms with Crippen LogP contribution in [-0.4, -0.2) is 47.8 Å². The molecule has 0 saturated heterocycles. The van der Waals surface area contributed by atoms with E-state index in [4.69, 9.17) is 4.74 Å². The molecule has 2 N–H and O–H groups in total. The van der Waals surface area contributed by atoms with Gasteiger partial charge in [-0.05, 0) is 30.3 Å². The fourth-order valence-corrected chi connectivity index (χ4v) is 4.30. The normalized spacial score (nSPS) is 15.1. The van der Waals surface area contributed by atoms with Crippen molar-refractivity contribution in [1.29, 1.82) is 0 Å². The van der Waals surface area contributed by atoms with Gasteiger partial charge < -0.3 is 19.9 Å². The number of H-pyrrole nitrogens is 1. The summed E-state index contributed by atoms with van der Waals surface area (Å²) in [7, 11) is 0. The number of esters is 1. The maximum atomic E-state index is 14.9. The number of benzodiazepines with no additional fused rings is 1. The van der Waals surface area contributed by atoms with Gasteiger partial charge in [-0.3, -0.25) is 14.4 Å². The molecular weight excluding hydrogens is 475 g/mol. The number of carbonyl (C=O) groups is 3. The summed E-state index contributed by atoms with van der Waals surface area (Å²) in [5.41, 5.74) is 2.40. The highest BCUT2D eigenvalue weighted by molar-refractivity contribution is 6.20. The number of hydrogen-bond donors (Lipinski definition) is 2. The van der Waals surface area contributed by atoms with Crippen molar-refractivity contribution in [3.05, 3.63) is 102 Å². The standard InChI is InChI=1S/C28H23FN4O4/c1-17(34)37-15-14-33-24-13-7-4-10-20(24)25(19-9-3-5-11-21(19)29)31-26(28(33)36)32-27(35)23-16-18-8-2-6-12-22(18)30-23/h2-13,16,26,30H,14-15H2,1H3,(H,32,35). The number of rotatable bonds is 6. The molecule has 1 aromatic heterocycles. The average molecular weight is 499 g/mol. The summed E-state index contributed by atoms with van der Waals surface area (Å²) >= 11 is 0. The quantitative estimate of drug-likeness (QED) is 0.395. The van der Waals surface area contributed by atoms with E-state index in [9.17, 15) is 18.8 Å². The van der Waals surface area contributed by atoms with E-state index in [2.05, 4.69) is 15.3 Å². The molecule has 1 unspecified atom stereocenters. The number of aliphatic imine (C=N–C) groups is 1. The highest BCUT2D eigenvalue weighted by Gasteiger charge is 2.34. The van der Waals surface area contributed by atoms with Gasteiger partial charge in [0.15, 0.2) is 0 Å². The van der Waals surface area contributed by atoms with Crippen LogP contribution in [0.15, 0.2) is 83.9 Å². The van der Waals surface area contributed by atoms with Crippen LogP contribution in [0.25, 0.3) is 10.9 Å². The number of benzene rings is 3.